The van der Waals surface area contributed by atoms with Crippen LogP contribution in [0, 0.1) is 10.8 Å². The van der Waals surface area contributed by atoms with E-state index >= 15 is 0 Å². The predicted molar refractivity (Wildman–Crippen MR) is 58.6 cm³/mol. The molecule has 1 aromatic carbocycles. The number of rotatable bonds is 1. The lowest BCUT2D eigenvalue weighted by Gasteiger charge is -2.04. The van der Waals surface area contributed by atoms with Crippen LogP contribution in [0.3, 0.4) is 0 Å². The molecular formula is C9H12N4O3. The van der Waals surface area contributed by atoms with Crippen LogP contribution in [0.4, 0.5) is 11.4 Å². The van der Waals surface area contributed by atoms with Crippen LogP contribution >= 0.6 is 0 Å². The Labute approximate surface area is 92.0 Å². The number of benzene rings is 1. The normalized spacial score (nSPS) is 6.81. The summed E-state index contributed by atoms with van der Waals surface area (Å²) in [7, 11) is 1.56. The molecule has 0 aliphatic rings. The van der Waals surface area contributed by atoms with Crippen LogP contribution < -0.4 is 16.2 Å². The molecule has 0 saturated carbocycles. The van der Waals surface area contributed by atoms with Crippen molar-refractivity contribution in [2.45, 2.75) is 0 Å². The van der Waals surface area contributed by atoms with Gasteiger partial charge in [-0.1, -0.05) is 6.07 Å². The third kappa shape index (κ3) is 6.85. The molecule has 1 rings (SSSR count). The molecule has 6 N–H and O–H groups in total. The summed E-state index contributed by atoms with van der Waals surface area (Å²) in [4.78, 5) is 16.7. The van der Waals surface area contributed by atoms with Crippen molar-refractivity contribution in [1.82, 2.24) is 0 Å². The maximum absolute atomic E-state index is 8.35. The number of nitrogens with two attached hydrogens (primary N) is 2. The molecule has 86 valence electrons. The number of methoxy groups -OCH3 is 1. The molecule has 1 aromatic rings. The number of hydrogen-bond donors (Lipinski definition) is 4. The van der Waals surface area contributed by atoms with Crippen molar-refractivity contribution in [1.29, 1.82) is 10.8 Å². The van der Waals surface area contributed by atoms with Gasteiger partial charge in [0.15, 0.2) is 0 Å². The fourth-order valence-electron chi connectivity index (χ4n) is 0.739. The zero-order valence-corrected chi connectivity index (χ0v) is 8.61. The lowest BCUT2D eigenvalue weighted by atomic mass is 10.2. The Morgan fingerprint density at radius 2 is 1.62 bits per heavy atom. The second-order valence-electron chi connectivity index (χ2n) is 2.17. The van der Waals surface area contributed by atoms with Crippen LogP contribution in [-0.2, 0) is 9.59 Å². The maximum atomic E-state index is 8.35. The number of nitrogen functional groups attached to an aromatic ring is 2. The molecule has 0 aliphatic carbocycles. The average Bonchev–Trinajstić information content (AvgIpc) is 2.24. The summed E-state index contributed by atoms with van der Waals surface area (Å²) in [5, 5.41) is 10.8. The van der Waals surface area contributed by atoms with E-state index in [4.69, 9.17) is 36.6 Å². The zero-order valence-electron chi connectivity index (χ0n) is 8.61. The Balaban J connectivity index is 0. The maximum Gasteiger partial charge on any atom is 0.231 e. The molecule has 0 saturated heterocycles. The van der Waals surface area contributed by atoms with Crippen molar-refractivity contribution in [2.75, 3.05) is 18.6 Å². The van der Waals surface area contributed by atoms with Gasteiger partial charge >= 0.3 is 0 Å². The van der Waals surface area contributed by atoms with E-state index < -0.39 is 0 Å². The minimum atomic E-state index is 0.505. The molecule has 0 spiro atoms. The molecule has 0 radical (unpaired) electrons. The molecule has 0 atom stereocenters. The second kappa shape index (κ2) is 10.5. The first-order valence-corrected chi connectivity index (χ1v) is 3.84. The van der Waals surface area contributed by atoms with Crippen LogP contribution in [0.5, 0.6) is 5.75 Å². The van der Waals surface area contributed by atoms with E-state index in [-0.39, 0.29) is 0 Å². The first-order chi connectivity index (χ1) is 7.58. The van der Waals surface area contributed by atoms with Crippen LogP contribution in [0.15, 0.2) is 18.2 Å². The predicted octanol–water partition coefficient (Wildman–Crippen LogP) is 0.662. The number of ether oxygens (including phenoxy) is 1. The largest absolute Gasteiger partial charge is 0.495 e. The van der Waals surface area contributed by atoms with E-state index in [9.17, 15) is 0 Å². The fourth-order valence-corrected chi connectivity index (χ4v) is 0.739. The molecule has 7 heteroatoms. The summed E-state index contributed by atoms with van der Waals surface area (Å²) in [5.74, 6) is 0.625. The molecule has 0 amide bonds. The lowest BCUT2D eigenvalue weighted by Crippen LogP contribution is -1.97. The summed E-state index contributed by atoms with van der Waals surface area (Å²) in [6.45, 7) is 0. The van der Waals surface area contributed by atoms with Gasteiger partial charge in [0.1, 0.15) is 5.75 Å². The van der Waals surface area contributed by atoms with Gasteiger partial charge in [-0.05, 0) is 12.1 Å². The second-order valence-corrected chi connectivity index (χ2v) is 2.17. The van der Waals surface area contributed by atoms with Gasteiger partial charge in [-0.25, -0.2) is 20.4 Å². The molecule has 0 aromatic heterocycles. The number of carbonyl (C=O) groups excluding carboxylic acids is 2. The average molecular weight is 224 g/mol. The van der Waals surface area contributed by atoms with Crippen molar-refractivity contribution in [3.63, 3.8) is 0 Å². The number of hydrogen-bond acceptors (Lipinski definition) is 7. The third-order valence-corrected chi connectivity index (χ3v) is 1.32. The summed E-state index contributed by atoms with van der Waals surface area (Å²) < 4.78 is 4.92. The topological polar surface area (TPSA) is 143 Å². The van der Waals surface area contributed by atoms with E-state index in [1.807, 2.05) is 0 Å². The minimum Gasteiger partial charge on any atom is -0.495 e. The highest BCUT2D eigenvalue weighted by Crippen LogP contribution is 2.25. The summed E-state index contributed by atoms with van der Waals surface area (Å²) in [6, 6.07) is 5.30. The third-order valence-electron chi connectivity index (χ3n) is 1.32. The standard InChI is InChI=1S/C7H10N2O.2CHNO/c1-10-6-4-2-3-5(8)7(6)9;2*2-1-3/h2-4H,8-9H2,1H3;2*2H. The highest BCUT2D eigenvalue weighted by Gasteiger charge is 1.99. The van der Waals surface area contributed by atoms with E-state index in [0.29, 0.717) is 17.1 Å². The van der Waals surface area contributed by atoms with Crippen molar-refractivity contribution in [3.05, 3.63) is 18.2 Å². The summed E-state index contributed by atoms with van der Waals surface area (Å²) >= 11 is 0. The van der Waals surface area contributed by atoms with Crippen molar-refractivity contribution in [3.8, 4) is 5.75 Å². The van der Waals surface area contributed by atoms with Crippen LogP contribution in [-0.4, -0.2) is 19.3 Å². The van der Waals surface area contributed by atoms with Gasteiger partial charge in [-0.15, -0.1) is 0 Å². The van der Waals surface area contributed by atoms with E-state index in [1.54, 1.807) is 25.3 Å². The van der Waals surface area contributed by atoms with Crippen molar-refractivity contribution in [2.24, 2.45) is 0 Å². The van der Waals surface area contributed by atoms with E-state index in [0.717, 1.165) is 12.2 Å². The van der Waals surface area contributed by atoms with E-state index in [2.05, 4.69) is 0 Å². The fraction of sp³-hybridized carbons (Fsp3) is 0.111. The Bertz CT molecular complexity index is 368. The smallest absolute Gasteiger partial charge is 0.231 e. The van der Waals surface area contributed by atoms with Gasteiger partial charge < -0.3 is 16.2 Å². The van der Waals surface area contributed by atoms with Gasteiger partial charge in [0.2, 0.25) is 12.2 Å². The van der Waals surface area contributed by atoms with Gasteiger partial charge in [-0.3, -0.25) is 0 Å². The Morgan fingerprint density at radius 3 is 1.94 bits per heavy atom. The van der Waals surface area contributed by atoms with Crippen LogP contribution in [0.1, 0.15) is 0 Å². The van der Waals surface area contributed by atoms with Gasteiger partial charge in [0.25, 0.3) is 0 Å². The highest BCUT2D eigenvalue weighted by molar-refractivity contribution is 5.70. The summed E-state index contributed by atoms with van der Waals surface area (Å²) in [5.41, 5.74) is 12.1. The number of isocyanates is 2. The number of nitrogens with one attached hydrogen (secondary N) is 2. The Kier molecular flexibility index (Phi) is 10.4. The monoisotopic (exact) mass is 224 g/mol. The molecule has 0 heterocycles. The lowest BCUT2D eigenvalue weighted by molar-refractivity contribution is 0.417. The molecule has 0 bridgehead atoms. The zero-order chi connectivity index (χ0) is 13.0. The van der Waals surface area contributed by atoms with Crippen molar-refractivity contribution < 1.29 is 14.3 Å². The molecule has 16 heavy (non-hydrogen) atoms. The van der Waals surface area contributed by atoms with Gasteiger partial charge in [0.05, 0.1) is 18.5 Å². The first kappa shape index (κ1) is 15.8. The van der Waals surface area contributed by atoms with E-state index in [1.165, 1.54) is 0 Å². The van der Waals surface area contributed by atoms with Crippen molar-refractivity contribution >= 4 is 23.5 Å². The van der Waals surface area contributed by atoms with Gasteiger partial charge in [-0.2, -0.15) is 0 Å². The van der Waals surface area contributed by atoms with Crippen LogP contribution in [0.2, 0.25) is 0 Å². The Hall–Kier alpha value is -2.62. The molecule has 0 aliphatic heterocycles. The molecule has 0 fully saturated rings. The SMILES string of the molecule is COc1cccc(N)c1N.N=C=O.N=C=O. The van der Waals surface area contributed by atoms with Gasteiger partial charge in [0, 0.05) is 0 Å². The summed E-state index contributed by atoms with van der Waals surface area (Å²) in [6.07, 6.45) is 1.50. The molecular weight excluding hydrogens is 212 g/mol. The quantitative estimate of drug-likeness (QED) is 0.314. The molecule has 0 unspecified atom stereocenters. The highest BCUT2D eigenvalue weighted by atomic mass is 16.5. The van der Waals surface area contributed by atoms with Crippen LogP contribution in [0.25, 0.3) is 0 Å². The molecule has 7 nitrogen and oxygen atoms in total. The first-order valence-electron chi connectivity index (χ1n) is 3.84. The minimum absolute atomic E-state index is 0.505. The number of anilines is 2. The number of para-hydroxylation sites is 1. The Morgan fingerprint density at radius 1 is 1.19 bits per heavy atom.